The van der Waals surface area contributed by atoms with E-state index < -0.39 is 133 Å². The van der Waals surface area contributed by atoms with Crippen LogP contribution in [0.5, 0.6) is 0 Å². The molecule has 76 heavy (non-hydrogen) atoms. The third-order valence-electron chi connectivity index (χ3n) is 20.3. The van der Waals surface area contributed by atoms with E-state index in [-0.39, 0.29) is 54.5 Å². The molecule has 0 aromatic carbocycles. The van der Waals surface area contributed by atoms with Crippen LogP contribution in [0.3, 0.4) is 0 Å². The summed E-state index contributed by atoms with van der Waals surface area (Å²) >= 11 is 0. The van der Waals surface area contributed by atoms with Crippen LogP contribution >= 0.6 is 0 Å². The summed E-state index contributed by atoms with van der Waals surface area (Å²) in [5.74, 6) is -0.590. The van der Waals surface area contributed by atoms with Gasteiger partial charge in [-0.3, -0.25) is 4.79 Å². The molecule has 436 valence electrons. The number of carbonyl (C=O) groups is 1. The number of carbonyl (C=O) groups excluding carboxylic acids is 1. The number of allylic oxidation sites excluding steroid dienone is 1. The maximum absolute atomic E-state index is 12.8. The maximum atomic E-state index is 12.8. The van der Waals surface area contributed by atoms with Crippen molar-refractivity contribution in [2.45, 2.75) is 279 Å². The van der Waals surface area contributed by atoms with Gasteiger partial charge in [-0.05, 0) is 104 Å². The van der Waals surface area contributed by atoms with Gasteiger partial charge in [-0.15, -0.1) is 0 Å². The summed E-state index contributed by atoms with van der Waals surface area (Å²) in [4.78, 5) is 12.8. The number of aliphatic hydroxyl groups excluding tert-OH is 2. The van der Waals surface area contributed by atoms with E-state index in [0.29, 0.717) is 51.4 Å². The first-order valence-electron chi connectivity index (χ1n) is 28.3. The van der Waals surface area contributed by atoms with Gasteiger partial charge in [0, 0.05) is 67.7 Å². The summed E-state index contributed by atoms with van der Waals surface area (Å²) < 4.78 is 94.6. The molecule has 5 aliphatic heterocycles. The van der Waals surface area contributed by atoms with Gasteiger partial charge in [-0.2, -0.15) is 0 Å². The Balaban J connectivity index is 0.751. The van der Waals surface area contributed by atoms with E-state index in [1.54, 1.807) is 49.4 Å². The van der Waals surface area contributed by atoms with Crippen LogP contribution in [0.15, 0.2) is 11.6 Å². The highest BCUT2D eigenvalue weighted by atomic mass is 16.8. The predicted octanol–water partition coefficient (Wildman–Crippen LogP) is 4.39. The first-order valence-corrected chi connectivity index (χ1v) is 28.3. The molecule has 0 bridgehead atoms. The first kappa shape index (κ1) is 59.3. The molecular formula is C56H92O20. The first-order chi connectivity index (χ1) is 36.0. The van der Waals surface area contributed by atoms with Gasteiger partial charge in [0.15, 0.2) is 37.2 Å². The monoisotopic (exact) mass is 1080 g/mol. The number of hydrogen-bond acceptors (Lipinski definition) is 20. The zero-order chi connectivity index (χ0) is 54.8. The lowest BCUT2D eigenvalue weighted by Crippen LogP contribution is -2.70. The van der Waals surface area contributed by atoms with E-state index in [1.807, 2.05) is 27.7 Å². The lowest BCUT2D eigenvalue weighted by molar-refractivity contribution is -0.352. The van der Waals surface area contributed by atoms with Crippen LogP contribution in [0.2, 0.25) is 0 Å². The van der Waals surface area contributed by atoms with Crippen molar-refractivity contribution in [3.63, 3.8) is 0 Å². The molecule has 8 fully saturated rings. The predicted molar refractivity (Wildman–Crippen MR) is 269 cm³/mol. The molecule has 9 aliphatic rings. The average Bonchev–Trinajstić information content (AvgIpc) is 3.69. The average molecular weight is 1090 g/mol. The van der Waals surface area contributed by atoms with Gasteiger partial charge in [0.1, 0.15) is 36.1 Å². The third kappa shape index (κ3) is 10.7. The molecule has 0 aromatic rings. The van der Waals surface area contributed by atoms with E-state index in [4.69, 9.17) is 71.1 Å². The number of aliphatic hydroxyl groups is 4. The van der Waals surface area contributed by atoms with Crippen LogP contribution in [0.1, 0.15) is 132 Å². The Kier molecular flexibility index (Phi) is 18.3. The largest absolute Gasteiger partial charge is 0.392 e. The molecule has 5 heterocycles. The normalized spacial score (nSPS) is 52.8. The number of rotatable bonds is 16. The molecule has 0 amide bonds. The van der Waals surface area contributed by atoms with Crippen LogP contribution in [-0.4, -0.2) is 208 Å². The molecule has 3 saturated carbocycles. The van der Waals surface area contributed by atoms with Crippen LogP contribution in [-0.2, 0) is 75.8 Å². The minimum Gasteiger partial charge on any atom is -0.392 e. The summed E-state index contributed by atoms with van der Waals surface area (Å²) in [6.45, 7) is 14.9. The number of Topliss-reactive ketones (excluding diaryl/α,β-unsaturated/α-hetero) is 1. The Hall–Kier alpha value is -1.35. The topological polar surface area (TPSA) is 236 Å². The summed E-state index contributed by atoms with van der Waals surface area (Å²) in [6.07, 6.45) is -2.84. The molecule has 28 atom stereocenters. The van der Waals surface area contributed by atoms with Crippen molar-refractivity contribution < 1.29 is 96.3 Å². The number of hydrogen-bond donors (Lipinski definition) is 4. The molecule has 0 aromatic heterocycles. The minimum absolute atomic E-state index is 0.00695. The zero-order valence-electron chi connectivity index (χ0n) is 47.2. The van der Waals surface area contributed by atoms with Crippen molar-refractivity contribution in [3.05, 3.63) is 11.6 Å². The summed E-state index contributed by atoms with van der Waals surface area (Å²) in [6, 6.07) is 0. The van der Waals surface area contributed by atoms with Gasteiger partial charge in [0.25, 0.3) is 0 Å². The van der Waals surface area contributed by atoms with Crippen molar-refractivity contribution in [2.24, 2.45) is 22.7 Å². The Bertz CT molecular complexity index is 2000. The molecule has 0 spiro atoms. The zero-order valence-corrected chi connectivity index (χ0v) is 47.2. The van der Waals surface area contributed by atoms with Gasteiger partial charge in [0.05, 0.1) is 84.3 Å². The van der Waals surface area contributed by atoms with Crippen LogP contribution in [0.4, 0.5) is 0 Å². The second kappa shape index (κ2) is 23.5. The summed E-state index contributed by atoms with van der Waals surface area (Å²) in [5, 5.41) is 46.3. The Morgan fingerprint density at radius 1 is 0.539 bits per heavy atom. The van der Waals surface area contributed by atoms with Gasteiger partial charge in [0.2, 0.25) is 0 Å². The molecule has 0 radical (unpaired) electrons. The van der Waals surface area contributed by atoms with Gasteiger partial charge in [-0.25, -0.2) is 0 Å². The summed E-state index contributed by atoms with van der Waals surface area (Å²) in [5.41, 5.74) is -3.48. The van der Waals surface area contributed by atoms with Crippen LogP contribution in [0, 0.1) is 22.7 Å². The van der Waals surface area contributed by atoms with Crippen molar-refractivity contribution in [3.8, 4) is 0 Å². The van der Waals surface area contributed by atoms with Crippen LogP contribution in [0.25, 0.3) is 0 Å². The number of ketones is 1. The lowest BCUT2D eigenvalue weighted by Gasteiger charge is -2.63. The Morgan fingerprint density at radius 2 is 0.934 bits per heavy atom. The van der Waals surface area contributed by atoms with E-state index in [9.17, 15) is 25.2 Å². The van der Waals surface area contributed by atoms with Gasteiger partial charge < -0.3 is 91.5 Å². The highest BCUT2D eigenvalue weighted by molar-refractivity contribution is 5.86. The smallest absolute Gasteiger partial charge is 0.162 e. The molecule has 0 unspecified atom stereocenters. The standard InChI is InChI=1S/C56H92O20/c1-27-48(59)37(62-9)22-44(67-27)73-50-29(3)69-46(24-39(50)64-11)75-52-31(5)71-47(26-41(52)66-13)76-51-30(4)70-45(25-40(51)65-12)74-49-28(2)68-43(23-38(49)63-10)72-34-16-17-53(7)33(20-34)14-15-35-36(53)21-42(58)54(8)55(60,32(6)57)18-19-56(35,54)61/h14,27-31,34-52,58-61H,15-26H2,1-13H3/t27-,28+,29+,30+,31-,34-,35+,36-,37+,38-,39-,40-,41+,42+,43-,44+,45-,46-,47+,48-,49+,50+,51+,52-,53-,54+,55+,56-/m0/s1. The van der Waals surface area contributed by atoms with Gasteiger partial charge in [-0.1, -0.05) is 25.5 Å². The highest BCUT2D eigenvalue weighted by Crippen LogP contribution is 2.69. The number of fused-ring (bicyclic) bond motifs is 5. The molecule has 5 saturated heterocycles. The Morgan fingerprint density at radius 3 is 1.34 bits per heavy atom. The minimum atomic E-state index is -1.77. The fourth-order valence-corrected chi connectivity index (χ4v) is 15.6. The molecule has 9 rings (SSSR count). The molecule has 20 heteroatoms. The molecule has 4 aliphatic carbocycles. The molecular weight excluding hydrogens is 993 g/mol. The fraction of sp³-hybridized carbons (Fsp3) is 0.946. The fourth-order valence-electron chi connectivity index (χ4n) is 15.6. The van der Waals surface area contributed by atoms with E-state index in [2.05, 4.69) is 13.0 Å². The van der Waals surface area contributed by atoms with E-state index in [0.717, 1.165) is 12.8 Å². The van der Waals surface area contributed by atoms with Crippen LogP contribution < -0.4 is 0 Å². The van der Waals surface area contributed by atoms with Crippen molar-refractivity contribution in [2.75, 3.05) is 35.5 Å². The van der Waals surface area contributed by atoms with E-state index >= 15 is 0 Å². The highest BCUT2D eigenvalue weighted by Gasteiger charge is 2.75. The number of methoxy groups -OCH3 is 5. The Labute approximate surface area is 449 Å². The number of ether oxygens (including phenoxy) is 15. The lowest BCUT2D eigenvalue weighted by atomic mass is 9.44. The maximum Gasteiger partial charge on any atom is 0.162 e. The SMILES string of the molecule is CO[C@H]1C[C@H](O[C@H]2CC[C@@]3(C)C(=CC[C@@H]4[C@@H]3C[C@@H](O)[C@]3(C)[C@](O)(C(C)=O)CC[C@]43O)C2)O[C@H](C)[C@H]1O[C@H]1C[C@H](OC)[C@H](O[C@@H]2C[C@@H](OC)[C@@H](O[C@H]3C[C@H](OC)[C@H](O[C@@H]4C[C@@H](OC)[C@@H](O)[C@H](C)O4)[C@@H](C)O3)[C@H](C)O2)[C@@H](C)O1. The van der Waals surface area contributed by atoms with E-state index in [1.165, 1.54) is 12.5 Å². The second-order valence-electron chi connectivity index (χ2n) is 24.2. The quantitative estimate of drug-likeness (QED) is 0.157. The van der Waals surface area contributed by atoms with Crippen molar-refractivity contribution in [1.29, 1.82) is 0 Å². The molecule has 4 N–H and O–H groups in total. The van der Waals surface area contributed by atoms with Gasteiger partial charge >= 0.3 is 0 Å². The van der Waals surface area contributed by atoms with Crippen molar-refractivity contribution >= 4 is 5.78 Å². The second-order valence-corrected chi connectivity index (χ2v) is 24.2. The molecule has 20 nitrogen and oxygen atoms in total. The van der Waals surface area contributed by atoms with Crippen molar-refractivity contribution in [1.82, 2.24) is 0 Å². The third-order valence-corrected chi connectivity index (χ3v) is 20.3. The summed E-state index contributed by atoms with van der Waals surface area (Å²) in [7, 11) is 8.19.